The summed E-state index contributed by atoms with van der Waals surface area (Å²) in [6, 6.07) is 8.68. The first-order chi connectivity index (χ1) is 24.4. The third kappa shape index (κ3) is 5.99. The fourth-order valence-corrected chi connectivity index (χ4v) is 14.0. The first-order valence-electron chi connectivity index (χ1n) is 20.4. The molecule has 9 nitrogen and oxygen atoms in total. The lowest BCUT2D eigenvalue weighted by atomic mass is 9.41. The Bertz CT molecular complexity index is 1580. The zero-order valence-corrected chi connectivity index (χ0v) is 34.0. The van der Waals surface area contributed by atoms with Crippen LogP contribution >= 0.6 is 0 Å². The molecule has 1 aromatic rings. The van der Waals surface area contributed by atoms with Gasteiger partial charge in [-0.2, -0.15) is 0 Å². The van der Waals surface area contributed by atoms with Gasteiger partial charge in [-0.15, -0.1) is 0 Å². The van der Waals surface area contributed by atoms with E-state index in [0.29, 0.717) is 19.3 Å². The number of hydrogen-bond acceptors (Lipinski definition) is 8. The first-order valence-corrected chi connectivity index (χ1v) is 20.4. The van der Waals surface area contributed by atoms with Crippen LogP contribution in [0.25, 0.3) is 0 Å². The SMILES string of the molecule is CC(C)(C)OC(=O)N[C@@H](Cc1ccccc1)C(=O)O[C@H]1CC[C@]23C[C@]24CC[C@]2(C)[C@@H]([C@@]5(C)CC[C@@H](C(C)(C)O)O5)[C@@H](O)C[C@@]2(C)C4C[C@H](O)[C@H]3C1(C)C. The van der Waals surface area contributed by atoms with Crippen molar-refractivity contribution in [3.63, 3.8) is 0 Å². The van der Waals surface area contributed by atoms with Crippen LogP contribution in [-0.4, -0.2) is 74.6 Å². The maximum Gasteiger partial charge on any atom is 0.408 e. The number of fused-ring (bicyclic) bond motifs is 2. The summed E-state index contributed by atoms with van der Waals surface area (Å²) in [7, 11) is 0. The van der Waals surface area contributed by atoms with Gasteiger partial charge < -0.3 is 34.8 Å². The van der Waals surface area contributed by atoms with Gasteiger partial charge in [0.1, 0.15) is 17.7 Å². The Morgan fingerprint density at radius 3 is 2.19 bits per heavy atom. The van der Waals surface area contributed by atoms with Crippen LogP contribution in [-0.2, 0) is 25.4 Å². The Balaban J connectivity index is 1.11. The van der Waals surface area contributed by atoms with Crippen molar-refractivity contribution in [1.82, 2.24) is 5.32 Å². The van der Waals surface area contributed by atoms with Gasteiger partial charge in [0.2, 0.25) is 0 Å². The van der Waals surface area contributed by atoms with Crippen LogP contribution in [0.1, 0.15) is 133 Å². The summed E-state index contributed by atoms with van der Waals surface area (Å²) < 4.78 is 18.7. The molecule has 296 valence electrons. The number of ether oxygens (including phenoxy) is 3. The van der Waals surface area contributed by atoms with Gasteiger partial charge in [-0.05, 0) is 138 Å². The minimum absolute atomic E-state index is 0.0394. The number of amides is 1. The largest absolute Gasteiger partial charge is 0.460 e. The van der Waals surface area contributed by atoms with Crippen molar-refractivity contribution in [1.29, 1.82) is 0 Å². The monoisotopic (exact) mass is 737 g/mol. The Kier molecular flexibility index (Phi) is 9.14. The topological polar surface area (TPSA) is 135 Å². The van der Waals surface area contributed by atoms with Crippen molar-refractivity contribution >= 4 is 12.1 Å². The molecule has 5 saturated carbocycles. The molecular weight excluding hydrogens is 670 g/mol. The number of aliphatic hydroxyl groups excluding tert-OH is 2. The summed E-state index contributed by atoms with van der Waals surface area (Å²) in [5, 5.41) is 38.0. The van der Waals surface area contributed by atoms with E-state index in [4.69, 9.17) is 14.2 Å². The maximum absolute atomic E-state index is 14.0. The molecule has 1 aliphatic heterocycles. The molecule has 1 saturated heterocycles. The van der Waals surface area contributed by atoms with E-state index in [1.165, 1.54) is 0 Å². The third-order valence-electron chi connectivity index (χ3n) is 16.3. The van der Waals surface area contributed by atoms with Crippen molar-refractivity contribution in [3.8, 4) is 0 Å². The van der Waals surface area contributed by atoms with E-state index < -0.39 is 58.6 Å². The Hall–Kier alpha value is -2.20. The molecule has 1 amide bonds. The normalized spacial score (nSPS) is 44.8. The van der Waals surface area contributed by atoms with Crippen molar-refractivity contribution in [2.75, 3.05) is 0 Å². The van der Waals surface area contributed by atoms with Gasteiger partial charge in [-0.25, -0.2) is 9.59 Å². The lowest BCUT2D eigenvalue weighted by Gasteiger charge is -2.64. The second-order valence-electron chi connectivity index (χ2n) is 21.2. The molecular formula is C44H67NO8. The number of benzene rings is 1. The standard InChI is InChI=1S/C44H67NO8/c1-37(2,3)53-36(49)45-27(22-26-14-12-11-13-15-26)35(48)51-31-17-19-44-25-43(44)21-20-40(8)34(42(10)18-16-32(52-42)39(6,7)50)29(47)24-41(40,9)30(43)23-28(46)33(44)38(31,4)5/h11-15,27-34,46-47,50H,16-25H2,1-10H3,(H,45,49)/t27-,28-,29-,30?,31-,32-,33-,34-,40+,41-,42+,43-,44+/m0/s1. The number of nitrogens with one attached hydrogen (secondary N) is 1. The zero-order chi connectivity index (χ0) is 38.8. The minimum atomic E-state index is -0.942. The number of esters is 1. The highest BCUT2D eigenvalue weighted by Gasteiger charge is 2.85. The van der Waals surface area contributed by atoms with Crippen LogP contribution in [0.2, 0.25) is 0 Å². The highest BCUT2D eigenvalue weighted by molar-refractivity contribution is 5.82. The van der Waals surface area contributed by atoms with Crippen LogP contribution in [0.15, 0.2) is 30.3 Å². The van der Waals surface area contributed by atoms with Crippen LogP contribution in [0.3, 0.4) is 0 Å². The van der Waals surface area contributed by atoms with E-state index >= 15 is 0 Å². The number of aliphatic hydroxyl groups is 3. The van der Waals surface area contributed by atoms with Gasteiger partial charge in [0, 0.05) is 17.8 Å². The molecule has 0 radical (unpaired) electrons. The van der Waals surface area contributed by atoms with Crippen molar-refractivity contribution in [3.05, 3.63) is 35.9 Å². The number of carbonyl (C=O) groups is 2. The predicted molar refractivity (Wildman–Crippen MR) is 202 cm³/mol. The summed E-state index contributed by atoms with van der Waals surface area (Å²) >= 11 is 0. The number of alkyl carbamates (subject to hydrolysis) is 1. The van der Waals surface area contributed by atoms with E-state index in [0.717, 1.165) is 44.1 Å². The number of carbonyl (C=O) groups excluding carboxylic acids is 2. The minimum Gasteiger partial charge on any atom is -0.460 e. The van der Waals surface area contributed by atoms with E-state index in [2.05, 4.69) is 39.9 Å². The van der Waals surface area contributed by atoms with Crippen LogP contribution < -0.4 is 5.32 Å². The van der Waals surface area contributed by atoms with E-state index in [9.17, 15) is 24.9 Å². The summed E-state index contributed by atoms with van der Waals surface area (Å²) in [4.78, 5) is 26.9. The molecule has 9 heteroatoms. The molecule has 1 aromatic carbocycles. The van der Waals surface area contributed by atoms with Crippen molar-refractivity contribution in [2.24, 2.45) is 44.8 Å². The molecule has 2 spiro atoms. The quantitative estimate of drug-likeness (QED) is 0.218. The van der Waals surface area contributed by atoms with Gasteiger partial charge in [0.15, 0.2) is 0 Å². The van der Waals surface area contributed by atoms with Gasteiger partial charge in [0.05, 0.1) is 29.5 Å². The predicted octanol–water partition coefficient (Wildman–Crippen LogP) is 7.12. The molecule has 0 aromatic heterocycles. The second kappa shape index (κ2) is 12.4. The lowest BCUT2D eigenvalue weighted by Crippen LogP contribution is -2.62. The fourth-order valence-electron chi connectivity index (χ4n) is 14.0. The van der Waals surface area contributed by atoms with Gasteiger partial charge in [0.25, 0.3) is 0 Å². The number of hydrogen-bond donors (Lipinski definition) is 4. The summed E-state index contributed by atoms with van der Waals surface area (Å²) in [5.74, 6) is -0.316. The average molecular weight is 738 g/mol. The van der Waals surface area contributed by atoms with Gasteiger partial charge in [-0.3, -0.25) is 0 Å². The second-order valence-corrected chi connectivity index (χ2v) is 21.2. The highest BCUT2D eigenvalue weighted by Crippen LogP contribution is 2.89. The Labute approximate surface area is 317 Å². The molecule has 7 rings (SSSR count). The van der Waals surface area contributed by atoms with E-state index in [-0.39, 0.29) is 51.9 Å². The molecule has 13 atom stereocenters. The molecule has 6 aliphatic rings. The lowest BCUT2D eigenvalue weighted by molar-refractivity contribution is -0.218. The Morgan fingerprint density at radius 2 is 1.57 bits per heavy atom. The Morgan fingerprint density at radius 1 is 0.887 bits per heavy atom. The molecule has 0 bridgehead atoms. The zero-order valence-electron chi connectivity index (χ0n) is 34.0. The molecule has 53 heavy (non-hydrogen) atoms. The molecule has 1 heterocycles. The molecule has 5 aliphatic carbocycles. The fraction of sp³-hybridized carbons (Fsp3) is 0.818. The van der Waals surface area contributed by atoms with Gasteiger partial charge in [-0.1, -0.05) is 58.0 Å². The van der Waals surface area contributed by atoms with Crippen LogP contribution in [0.5, 0.6) is 0 Å². The third-order valence-corrected chi connectivity index (χ3v) is 16.3. The van der Waals surface area contributed by atoms with Crippen molar-refractivity contribution < 1.29 is 39.1 Å². The van der Waals surface area contributed by atoms with Gasteiger partial charge >= 0.3 is 12.1 Å². The number of rotatable bonds is 7. The molecule has 1 unspecified atom stereocenters. The molecule has 4 N–H and O–H groups in total. The average Bonchev–Trinajstić information content (AvgIpc) is 3.38. The summed E-state index contributed by atoms with van der Waals surface area (Å²) in [6.45, 7) is 20.3. The van der Waals surface area contributed by atoms with Crippen LogP contribution in [0.4, 0.5) is 4.79 Å². The van der Waals surface area contributed by atoms with E-state index in [1.807, 2.05) is 44.2 Å². The smallest absolute Gasteiger partial charge is 0.408 e. The van der Waals surface area contributed by atoms with E-state index in [1.54, 1.807) is 20.8 Å². The highest BCUT2D eigenvalue weighted by atomic mass is 16.6. The molecule has 6 fully saturated rings. The van der Waals surface area contributed by atoms with Crippen LogP contribution in [0, 0.1) is 44.8 Å². The summed E-state index contributed by atoms with van der Waals surface area (Å²) in [6.07, 6.45) is 5.50. The first kappa shape index (κ1) is 39.1. The maximum atomic E-state index is 14.0. The van der Waals surface area contributed by atoms with Crippen molar-refractivity contribution in [2.45, 2.75) is 181 Å². The summed E-state index contributed by atoms with van der Waals surface area (Å²) in [5.41, 5.74) is -2.12.